The average molecular weight is 238 g/mol. The molecule has 1 aliphatic heterocycles. The Bertz CT molecular complexity index is 432. The molecular formula is C12H18N2OS. The second-order valence-corrected chi connectivity index (χ2v) is 5.22. The highest BCUT2D eigenvalue weighted by Crippen LogP contribution is 2.43. The van der Waals surface area contributed by atoms with Gasteiger partial charge in [0.2, 0.25) is 0 Å². The first-order chi connectivity index (χ1) is 7.81. The van der Waals surface area contributed by atoms with Gasteiger partial charge in [-0.1, -0.05) is 6.92 Å². The minimum Gasteiger partial charge on any atom is -0.376 e. The van der Waals surface area contributed by atoms with E-state index in [1.807, 2.05) is 6.20 Å². The van der Waals surface area contributed by atoms with Crippen LogP contribution in [0.1, 0.15) is 37.9 Å². The normalized spacial score (nSPS) is 29.8. The fourth-order valence-electron chi connectivity index (χ4n) is 2.80. The maximum Gasteiger partial charge on any atom is 0.177 e. The summed E-state index contributed by atoms with van der Waals surface area (Å²) in [5.74, 6) is 0.786. The Kier molecular flexibility index (Phi) is 2.64. The van der Waals surface area contributed by atoms with Crippen LogP contribution in [0.3, 0.4) is 0 Å². The van der Waals surface area contributed by atoms with Gasteiger partial charge in [-0.3, -0.25) is 0 Å². The van der Waals surface area contributed by atoms with Crippen molar-refractivity contribution in [2.24, 2.45) is 5.92 Å². The minimum atomic E-state index is 0.410. The zero-order valence-corrected chi connectivity index (χ0v) is 10.4. The van der Waals surface area contributed by atoms with Crippen molar-refractivity contribution in [1.82, 2.24) is 9.55 Å². The molecule has 3 nitrogen and oxygen atoms in total. The van der Waals surface area contributed by atoms with E-state index in [0.717, 1.165) is 30.1 Å². The third-order valence-electron chi connectivity index (χ3n) is 3.77. The standard InChI is InChI=1S/C12H18N2OS/c1-2-9-7-13-12(16)14(9)10-5-6-15-11(10)8-3-4-8/h7-8,10-11H,2-6H2,1H3,(H,13,16). The molecule has 1 aromatic heterocycles. The number of nitrogens with zero attached hydrogens (tertiary/aromatic N) is 1. The van der Waals surface area contributed by atoms with E-state index in [4.69, 9.17) is 17.0 Å². The summed E-state index contributed by atoms with van der Waals surface area (Å²) in [6.07, 6.45) is 7.26. The molecule has 1 aliphatic carbocycles. The van der Waals surface area contributed by atoms with Crippen molar-refractivity contribution < 1.29 is 4.74 Å². The molecule has 2 fully saturated rings. The second kappa shape index (κ2) is 4.00. The Morgan fingerprint density at radius 1 is 1.50 bits per heavy atom. The SMILES string of the molecule is CCc1c[nH]c(=S)n1C1CCOC1C1CC1. The highest BCUT2D eigenvalue weighted by Gasteiger charge is 2.42. The van der Waals surface area contributed by atoms with Crippen molar-refractivity contribution in [3.05, 3.63) is 16.7 Å². The molecule has 2 heterocycles. The van der Waals surface area contributed by atoms with Crippen LogP contribution in [0.2, 0.25) is 0 Å². The number of nitrogens with one attached hydrogen (secondary N) is 1. The quantitative estimate of drug-likeness (QED) is 0.821. The predicted octanol–water partition coefficient (Wildman–Crippen LogP) is 2.85. The molecule has 2 unspecified atom stereocenters. The molecular weight excluding hydrogens is 220 g/mol. The van der Waals surface area contributed by atoms with Crippen LogP contribution >= 0.6 is 12.2 Å². The fourth-order valence-corrected chi connectivity index (χ4v) is 3.11. The Labute approximate surface area is 101 Å². The lowest BCUT2D eigenvalue weighted by molar-refractivity contribution is 0.0743. The average Bonchev–Trinajstić information content (AvgIpc) is 2.90. The van der Waals surface area contributed by atoms with Crippen LogP contribution in [-0.4, -0.2) is 22.3 Å². The van der Waals surface area contributed by atoms with Crippen molar-refractivity contribution in [3.8, 4) is 0 Å². The van der Waals surface area contributed by atoms with Crippen molar-refractivity contribution in [2.45, 2.75) is 44.8 Å². The number of aromatic amines is 1. The first-order valence-electron chi connectivity index (χ1n) is 6.21. The molecule has 0 spiro atoms. The molecule has 0 amide bonds. The molecule has 0 bridgehead atoms. The number of H-pyrrole nitrogens is 1. The van der Waals surface area contributed by atoms with E-state index in [2.05, 4.69) is 16.5 Å². The molecule has 0 aromatic carbocycles. The first-order valence-corrected chi connectivity index (χ1v) is 6.62. The molecule has 0 radical (unpaired) electrons. The van der Waals surface area contributed by atoms with Gasteiger partial charge >= 0.3 is 0 Å². The molecule has 1 aromatic rings. The molecule has 2 aliphatic rings. The van der Waals surface area contributed by atoms with Crippen LogP contribution in [0.5, 0.6) is 0 Å². The third-order valence-corrected chi connectivity index (χ3v) is 4.09. The Morgan fingerprint density at radius 3 is 3.00 bits per heavy atom. The zero-order chi connectivity index (χ0) is 11.1. The largest absolute Gasteiger partial charge is 0.376 e. The van der Waals surface area contributed by atoms with E-state index >= 15 is 0 Å². The number of imidazole rings is 1. The molecule has 88 valence electrons. The highest BCUT2D eigenvalue weighted by molar-refractivity contribution is 7.71. The van der Waals surface area contributed by atoms with E-state index in [0.29, 0.717) is 12.1 Å². The van der Waals surface area contributed by atoms with E-state index < -0.39 is 0 Å². The predicted molar refractivity (Wildman–Crippen MR) is 65.1 cm³/mol. The molecule has 3 rings (SSSR count). The maximum absolute atomic E-state index is 5.89. The smallest absolute Gasteiger partial charge is 0.177 e. The van der Waals surface area contributed by atoms with E-state index in [1.54, 1.807) is 0 Å². The van der Waals surface area contributed by atoms with E-state index in [-0.39, 0.29) is 0 Å². The summed E-state index contributed by atoms with van der Waals surface area (Å²) < 4.78 is 9.04. The Morgan fingerprint density at radius 2 is 2.31 bits per heavy atom. The number of aryl methyl sites for hydroxylation is 1. The Hall–Kier alpha value is -0.610. The lowest BCUT2D eigenvalue weighted by atomic mass is 10.1. The van der Waals surface area contributed by atoms with Gasteiger partial charge in [0.1, 0.15) is 0 Å². The fraction of sp³-hybridized carbons (Fsp3) is 0.750. The molecule has 4 heteroatoms. The summed E-state index contributed by atoms with van der Waals surface area (Å²) >= 11 is 5.39. The number of aromatic nitrogens is 2. The van der Waals surface area contributed by atoms with Crippen LogP contribution in [0, 0.1) is 10.7 Å². The van der Waals surface area contributed by atoms with Crippen molar-refractivity contribution in [1.29, 1.82) is 0 Å². The Balaban J connectivity index is 1.95. The van der Waals surface area contributed by atoms with Crippen molar-refractivity contribution in [3.63, 3.8) is 0 Å². The molecule has 1 saturated heterocycles. The summed E-state index contributed by atoms with van der Waals surface area (Å²) in [7, 11) is 0. The van der Waals surface area contributed by atoms with Crippen molar-refractivity contribution >= 4 is 12.2 Å². The number of rotatable bonds is 3. The maximum atomic E-state index is 5.89. The van der Waals surface area contributed by atoms with Gasteiger partial charge < -0.3 is 14.3 Å². The van der Waals surface area contributed by atoms with Crippen LogP contribution in [0.25, 0.3) is 0 Å². The number of ether oxygens (including phenoxy) is 1. The highest BCUT2D eigenvalue weighted by atomic mass is 32.1. The molecule has 16 heavy (non-hydrogen) atoms. The second-order valence-electron chi connectivity index (χ2n) is 4.84. The van der Waals surface area contributed by atoms with Gasteiger partial charge in [-0.05, 0) is 43.8 Å². The monoisotopic (exact) mass is 238 g/mol. The minimum absolute atomic E-state index is 0.410. The molecule has 1 saturated carbocycles. The van der Waals surface area contributed by atoms with Gasteiger partial charge in [0.15, 0.2) is 4.77 Å². The van der Waals surface area contributed by atoms with Crippen LogP contribution < -0.4 is 0 Å². The summed E-state index contributed by atoms with van der Waals surface area (Å²) in [6, 6.07) is 0.473. The van der Waals surface area contributed by atoms with Gasteiger partial charge in [0.05, 0.1) is 12.1 Å². The summed E-state index contributed by atoms with van der Waals surface area (Å²) in [4.78, 5) is 3.17. The summed E-state index contributed by atoms with van der Waals surface area (Å²) in [6.45, 7) is 3.07. The van der Waals surface area contributed by atoms with Gasteiger partial charge in [-0.2, -0.15) is 0 Å². The number of hydrogen-bond acceptors (Lipinski definition) is 2. The lowest BCUT2D eigenvalue weighted by Gasteiger charge is -2.21. The molecule has 1 N–H and O–H groups in total. The summed E-state index contributed by atoms with van der Waals surface area (Å²) in [5.41, 5.74) is 1.31. The lowest BCUT2D eigenvalue weighted by Crippen LogP contribution is -2.23. The first kappa shape index (κ1) is 10.5. The third kappa shape index (κ3) is 1.64. The summed E-state index contributed by atoms with van der Waals surface area (Å²) in [5, 5.41) is 0. The van der Waals surface area contributed by atoms with Gasteiger partial charge in [-0.25, -0.2) is 0 Å². The van der Waals surface area contributed by atoms with Crippen LogP contribution in [0.4, 0.5) is 0 Å². The van der Waals surface area contributed by atoms with E-state index in [9.17, 15) is 0 Å². The van der Waals surface area contributed by atoms with Crippen molar-refractivity contribution in [2.75, 3.05) is 6.61 Å². The molecule has 2 atom stereocenters. The van der Waals surface area contributed by atoms with Crippen LogP contribution in [-0.2, 0) is 11.2 Å². The van der Waals surface area contributed by atoms with Gasteiger partial charge in [0, 0.05) is 18.5 Å². The topological polar surface area (TPSA) is 29.9 Å². The zero-order valence-electron chi connectivity index (χ0n) is 9.61. The van der Waals surface area contributed by atoms with Gasteiger partial charge in [-0.15, -0.1) is 0 Å². The van der Waals surface area contributed by atoms with Crippen LogP contribution in [0.15, 0.2) is 6.20 Å². The van der Waals surface area contributed by atoms with Gasteiger partial charge in [0.25, 0.3) is 0 Å². The van der Waals surface area contributed by atoms with E-state index in [1.165, 1.54) is 18.5 Å². The number of hydrogen-bond donors (Lipinski definition) is 1.